The fraction of sp³-hybridized carbons (Fsp3) is 0.500. The molecular formula is C16H22N2O. The molecule has 0 saturated carbocycles. The first-order valence-electron chi connectivity index (χ1n) is 6.63. The number of fused-ring (bicyclic) bond motifs is 1. The highest BCUT2D eigenvalue weighted by molar-refractivity contribution is 5.44. The van der Waals surface area contributed by atoms with Crippen LogP contribution in [-0.2, 0) is 10.8 Å². The Labute approximate surface area is 114 Å². The Bertz CT molecular complexity index is 664. The molecule has 102 valence electrons. The van der Waals surface area contributed by atoms with Gasteiger partial charge in [-0.3, -0.25) is 9.20 Å². The maximum absolute atomic E-state index is 12.1. The van der Waals surface area contributed by atoms with Gasteiger partial charge in [-0.25, -0.2) is 4.98 Å². The average Bonchev–Trinajstić information content (AvgIpc) is 2.25. The first kappa shape index (κ1) is 13.8. The highest BCUT2D eigenvalue weighted by Gasteiger charge is 2.19. The molecule has 0 N–H and O–H groups in total. The lowest BCUT2D eigenvalue weighted by Gasteiger charge is -2.21. The van der Waals surface area contributed by atoms with Gasteiger partial charge < -0.3 is 0 Å². The van der Waals surface area contributed by atoms with E-state index in [2.05, 4.69) is 46.5 Å². The van der Waals surface area contributed by atoms with Gasteiger partial charge in [0.2, 0.25) is 0 Å². The van der Waals surface area contributed by atoms with Gasteiger partial charge in [0.05, 0.1) is 5.69 Å². The molecule has 0 aromatic carbocycles. The van der Waals surface area contributed by atoms with Crippen LogP contribution in [0.4, 0.5) is 0 Å². The van der Waals surface area contributed by atoms with Crippen molar-refractivity contribution in [1.29, 1.82) is 0 Å². The van der Waals surface area contributed by atoms with Crippen LogP contribution in [0.2, 0.25) is 0 Å². The lowest BCUT2D eigenvalue weighted by Crippen LogP contribution is -2.23. The van der Waals surface area contributed by atoms with Gasteiger partial charge in [-0.05, 0) is 23.1 Å². The highest BCUT2D eigenvalue weighted by atomic mass is 16.1. The van der Waals surface area contributed by atoms with E-state index in [-0.39, 0.29) is 16.4 Å². The molecule has 0 aliphatic carbocycles. The second kappa shape index (κ2) is 4.19. The van der Waals surface area contributed by atoms with Gasteiger partial charge in [0.15, 0.2) is 0 Å². The third-order valence-electron chi connectivity index (χ3n) is 3.30. The molecule has 0 atom stereocenters. The van der Waals surface area contributed by atoms with Gasteiger partial charge in [-0.1, -0.05) is 41.5 Å². The van der Waals surface area contributed by atoms with E-state index in [0.29, 0.717) is 0 Å². The molecule has 2 aromatic heterocycles. The van der Waals surface area contributed by atoms with Crippen molar-refractivity contribution in [1.82, 2.24) is 9.38 Å². The fourth-order valence-corrected chi connectivity index (χ4v) is 1.95. The molecular weight excluding hydrogens is 236 g/mol. The van der Waals surface area contributed by atoms with Crippen LogP contribution in [0.1, 0.15) is 52.8 Å². The van der Waals surface area contributed by atoms with Gasteiger partial charge >= 0.3 is 0 Å². The van der Waals surface area contributed by atoms with Crippen molar-refractivity contribution < 1.29 is 0 Å². The van der Waals surface area contributed by atoms with E-state index in [9.17, 15) is 4.79 Å². The summed E-state index contributed by atoms with van der Waals surface area (Å²) in [7, 11) is 0. The van der Waals surface area contributed by atoms with Crippen LogP contribution in [0, 0.1) is 0 Å². The summed E-state index contributed by atoms with van der Waals surface area (Å²) in [5, 5.41) is 0. The Kier molecular flexibility index (Phi) is 3.04. The molecule has 0 fully saturated rings. The van der Waals surface area contributed by atoms with Crippen LogP contribution in [0.25, 0.3) is 5.65 Å². The summed E-state index contributed by atoms with van der Waals surface area (Å²) in [6.07, 6.45) is 1.82. The van der Waals surface area contributed by atoms with Crippen LogP contribution in [0.15, 0.2) is 29.2 Å². The standard InChI is InChI=1S/C16H22N2O/c1-15(2,3)11-7-8-18-13(9-11)17-12(10-14(18)19)16(4,5)6/h7-10H,1-6H3. The van der Waals surface area contributed by atoms with Crippen LogP contribution < -0.4 is 5.56 Å². The monoisotopic (exact) mass is 258 g/mol. The summed E-state index contributed by atoms with van der Waals surface area (Å²) in [6.45, 7) is 12.7. The molecule has 0 amide bonds. The average molecular weight is 258 g/mol. The molecule has 0 spiro atoms. The molecule has 3 nitrogen and oxygen atoms in total. The van der Waals surface area contributed by atoms with Gasteiger partial charge in [0.25, 0.3) is 5.56 Å². The number of pyridine rings is 1. The number of aromatic nitrogens is 2. The topological polar surface area (TPSA) is 34.4 Å². The molecule has 0 bridgehead atoms. The third-order valence-corrected chi connectivity index (χ3v) is 3.30. The van der Waals surface area contributed by atoms with Gasteiger partial charge in [0, 0.05) is 17.7 Å². The fourth-order valence-electron chi connectivity index (χ4n) is 1.95. The zero-order chi connectivity index (χ0) is 14.4. The van der Waals surface area contributed by atoms with Crippen molar-refractivity contribution in [3.05, 3.63) is 46.0 Å². The summed E-state index contributed by atoms with van der Waals surface area (Å²) >= 11 is 0. The first-order valence-corrected chi connectivity index (χ1v) is 6.63. The Morgan fingerprint density at radius 3 is 2.16 bits per heavy atom. The molecule has 2 aromatic rings. The predicted octanol–water partition coefficient (Wildman–Crippen LogP) is 3.29. The van der Waals surface area contributed by atoms with Crippen LogP contribution in [0.5, 0.6) is 0 Å². The van der Waals surface area contributed by atoms with E-state index in [1.54, 1.807) is 10.5 Å². The molecule has 0 saturated heterocycles. The quantitative estimate of drug-likeness (QED) is 0.726. The maximum Gasteiger partial charge on any atom is 0.258 e. The highest BCUT2D eigenvalue weighted by Crippen LogP contribution is 2.23. The molecule has 3 heteroatoms. The van der Waals surface area contributed by atoms with Gasteiger partial charge in [0.1, 0.15) is 5.65 Å². The minimum Gasteiger partial charge on any atom is -0.269 e. The van der Waals surface area contributed by atoms with Crippen LogP contribution >= 0.6 is 0 Å². The number of hydrogen-bond acceptors (Lipinski definition) is 2. The van der Waals surface area contributed by atoms with Crippen molar-refractivity contribution in [3.63, 3.8) is 0 Å². The largest absolute Gasteiger partial charge is 0.269 e. The SMILES string of the molecule is CC(C)(C)c1ccn2c(=O)cc(C(C)(C)C)nc2c1. The van der Waals surface area contributed by atoms with Crippen molar-refractivity contribution in [3.8, 4) is 0 Å². The first-order chi connectivity index (χ1) is 8.59. The van der Waals surface area contributed by atoms with E-state index in [1.807, 2.05) is 18.3 Å². The molecule has 2 heterocycles. The van der Waals surface area contributed by atoms with Crippen molar-refractivity contribution in [2.45, 2.75) is 52.4 Å². The molecule has 0 aliphatic rings. The lowest BCUT2D eigenvalue weighted by molar-refractivity contribution is 0.566. The van der Waals surface area contributed by atoms with E-state index in [4.69, 9.17) is 0 Å². The second-order valence-electron chi connectivity index (χ2n) is 7.12. The maximum atomic E-state index is 12.1. The second-order valence-corrected chi connectivity index (χ2v) is 7.12. The molecule has 0 unspecified atom stereocenters. The third kappa shape index (κ3) is 2.70. The molecule has 2 rings (SSSR count). The van der Waals surface area contributed by atoms with E-state index >= 15 is 0 Å². The smallest absolute Gasteiger partial charge is 0.258 e. The number of rotatable bonds is 0. The molecule has 0 radical (unpaired) electrons. The lowest BCUT2D eigenvalue weighted by atomic mass is 9.87. The summed E-state index contributed by atoms with van der Waals surface area (Å²) < 4.78 is 1.60. The van der Waals surface area contributed by atoms with Crippen molar-refractivity contribution in [2.24, 2.45) is 0 Å². The van der Waals surface area contributed by atoms with Crippen molar-refractivity contribution in [2.75, 3.05) is 0 Å². The van der Waals surface area contributed by atoms with Crippen LogP contribution in [-0.4, -0.2) is 9.38 Å². The summed E-state index contributed by atoms with van der Waals surface area (Å²) in [6, 6.07) is 5.63. The van der Waals surface area contributed by atoms with Gasteiger partial charge in [-0.2, -0.15) is 0 Å². The molecule has 0 aliphatic heterocycles. The molecule has 19 heavy (non-hydrogen) atoms. The zero-order valence-corrected chi connectivity index (χ0v) is 12.6. The summed E-state index contributed by atoms with van der Waals surface area (Å²) in [5.74, 6) is 0. The predicted molar refractivity (Wildman–Crippen MR) is 78.9 cm³/mol. The Morgan fingerprint density at radius 1 is 1.00 bits per heavy atom. The Hall–Kier alpha value is -1.64. The normalized spacial score (nSPS) is 12.9. The minimum absolute atomic E-state index is 0.0182. The summed E-state index contributed by atoms with van der Waals surface area (Å²) in [4.78, 5) is 16.8. The van der Waals surface area contributed by atoms with Gasteiger partial charge in [-0.15, -0.1) is 0 Å². The van der Waals surface area contributed by atoms with E-state index < -0.39 is 0 Å². The Morgan fingerprint density at radius 2 is 1.63 bits per heavy atom. The van der Waals surface area contributed by atoms with E-state index in [0.717, 1.165) is 11.3 Å². The minimum atomic E-state index is -0.119. The van der Waals surface area contributed by atoms with Crippen LogP contribution in [0.3, 0.4) is 0 Å². The Balaban J connectivity index is 2.74. The number of hydrogen-bond donors (Lipinski definition) is 0. The summed E-state index contributed by atoms with van der Waals surface area (Å²) in [5.41, 5.74) is 2.66. The van der Waals surface area contributed by atoms with Crippen molar-refractivity contribution >= 4 is 5.65 Å². The van der Waals surface area contributed by atoms with E-state index in [1.165, 1.54) is 5.56 Å². The number of nitrogens with zero attached hydrogens (tertiary/aromatic N) is 2. The zero-order valence-electron chi connectivity index (χ0n) is 12.6.